The van der Waals surface area contributed by atoms with Crippen LogP contribution in [-0.2, 0) is 14.3 Å². The smallest absolute Gasteiger partial charge is 0.332 e. The summed E-state index contributed by atoms with van der Waals surface area (Å²) < 4.78 is 9.71. The number of allylic oxidation sites excluding steroid dienone is 2. The predicted molar refractivity (Wildman–Crippen MR) is 75.0 cm³/mol. The molecule has 0 fully saturated rings. The molecule has 0 spiro atoms. The molecule has 0 rings (SSSR count). The van der Waals surface area contributed by atoms with E-state index in [2.05, 4.69) is 10.0 Å². The summed E-state index contributed by atoms with van der Waals surface area (Å²) in [6.45, 7) is 0.703. The van der Waals surface area contributed by atoms with Crippen LogP contribution >= 0.6 is 0 Å². The number of ether oxygens (including phenoxy) is 2. The van der Waals surface area contributed by atoms with Crippen molar-refractivity contribution in [3.8, 4) is 0 Å². The minimum atomic E-state index is -0.426. The maximum Gasteiger partial charge on any atom is 0.332 e. The van der Waals surface area contributed by atoms with Crippen molar-refractivity contribution in [2.45, 2.75) is 19.3 Å². The molecular weight excluding hydrogens is 262 g/mol. The Morgan fingerprint density at radius 2 is 1.95 bits per heavy atom. The van der Waals surface area contributed by atoms with Gasteiger partial charge in [-0.3, -0.25) is 0 Å². The molecule has 0 aromatic carbocycles. The molecule has 0 saturated heterocycles. The van der Waals surface area contributed by atoms with Crippen molar-refractivity contribution in [1.82, 2.24) is 0 Å². The lowest BCUT2D eigenvalue weighted by Crippen LogP contribution is -2.14. The maximum absolute atomic E-state index is 11.1. The number of hydrogen-bond acceptors (Lipinski definition) is 5. The van der Waals surface area contributed by atoms with Gasteiger partial charge in [-0.25, -0.2) is 4.79 Å². The van der Waals surface area contributed by atoms with Crippen molar-refractivity contribution in [2.75, 3.05) is 33.0 Å². The molecular formula is C13H21N3O4. The lowest BCUT2D eigenvalue weighted by molar-refractivity contribution is -0.149. The highest BCUT2D eigenvalue weighted by Crippen LogP contribution is 1.93. The summed E-state index contributed by atoms with van der Waals surface area (Å²) in [5.41, 5.74) is 8.06. The zero-order chi connectivity index (χ0) is 14.9. The van der Waals surface area contributed by atoms with Gasteiger partial charge < -0.3 is 14.6 Å². The summed E-state index contributed by atoms with van der Waals surface area (Å²) in [6.07, 6.45) is 10.0. The van der Waals surface area contributed by atoms with E-state index < -0.39 is 5.97 Å². The Labute approximate surface area is 118 Å². The van der Waals surface area contributed by atoms with Crippen LogP contribution in [0.15, 0.2) is 29.4 Å². The van der Waals surface area contributed by atoms with Gasteiger partial charge >= 0.3 is 5.97 Å². The van der Waals surface area contributed by atoms with E-state index in [0.717, 1.165) is 12.8 Å². The summed E-state index contributed by atoms with van der Waals surface area (Å²) in [4.78, 5) is 13.7. The fraction of sp³-hybridized carbons (Fsp3) is 0.615. The van der Waals surface area contributed by atoms with Gasteiger partial charge in [-0.1, -0.05) is 29.4 Å². The highest BCUT2D eigenvalue weighted by atomic mass is 16.6. The second-order valence-electron chi connectivity index (χ2n) is 3.71. The molecule has 0 saturated carbocycles. The molecule has 0 bridgehead atoms. The fourth-order valence-corrected chi connectivity index (χ4v) is 1.19. The molecule has 1 N–H and O–H groups in total. The molecule has 20 heavy (non-hydrogen) atoms. The van der Waals surface area contributed by atoms with Crippen molar-refractivity contribution in [2.24, 2.45) is 5.11 Å². The van der Waals surface area contributed by atoms with Crippen molar-refractivity contribution >= 4 is 5.97 Å². The summed E-state index contributed by atoms with van der Waals surface area (Å²) in [5.74, 6) is -0.426. The first-order chi connectivity index (χ1) is 9.81. The van der Waals surface area contributed by atoms with E-state index in [0.29, 0.717) is 19.6 Å². The zero-order valence-corrected chi connectivity index (χ0v) is 11.5. The highest BCUT2D eigenvalue weighted by molar-refractivity contribution is 5.70. The van der Waals surface area contributed by atoms with Gasteiger partial charge in [0.25, 0.3) is 0 Å². The second-order valence-corrected chi connectivity index (χ2v) is 3.71. The first-order valence-corrected chi connectivity index (χ1v) is 6.46. The first kappa shape index (κ1) is 18.2. The van der Waals surface area contributed by atoms with Crippen LogP contribution in [0.2, 0.25) is 0 Å². The Kier molecular flexibility index (Phi) is 13.9. The van der Waals surface area contributed by atoms with Gasteiger partial charge in [-0.2, -0.15) is 0 Å². The maximum atomic E-state index is 11.1. The van der Waals surface area contributed by atoms with Crippen molar-refractivity contribution < 1.29 is 19.4 Å². The standard InChI is InChI=1S/C13H21N3O4/c14-16-15-8-6-4-2-1-3-5-7-10-20-13(18)12-19-11-9-17/h2-5,17H,1,6-12H2/b4-2-,5-3-. The Balaban J connectivity index is 3.39. The quantitative estimate of drug-likeness (QED) is 0.148. The molecule has 0 aliphatic carbocycles. The third-order valence-electron chi connectivity index (χ3n) is 2.07. The van der Waals surface area contributed by atoms with E-state index in [4.69, 9.17) is 20.1 Å². The van der Waals surface area contributed by atoms with Crippen LogP contribution in [0.1, 0.15) is 19.3 Å². The summed E-state index contributed by atoms with van der Waals surface area (Å²) in [5, 5.41) is 11.9. The number of rotatable bonds is 12. The monoisotopic (exact) mass is 283 g/mol. The molecule has 0 aromatic heterocycles. The van der Waals surface area contributed by atoms with Gasteiger partial charge in [0, 0.05) is 11.5 Å². The lowest BCUT2D eigenvalue weighted by atomic mass is 10.3. The van der Waals surface area contributed by atoms with E-state index in [1.807, 2.05) is 24.3 Å². The average Bonchev–Trinajstić information content (AvgIpc) is 2.45. The van der Waals surface area contributed by atoms with E-state index >= 15 is 0 Å². The number of carbonyl (C=O) groups excluding carboxylic acids is 1. The van der Waals surface area contributed by atoms with Gasteiger partial charge in [0.2, 0.25) is 0 Å². The summed E-state index contributed by atoms with van der Waals surface area (Å²) in [7, 11) is 0. The van der Waals surface area contributed by atoms with Crippen LogP contribution in [0.5, 0.6) is 0 Å². The predicted octanol–water partition coefficient (Wildman–Crippen LogP) is 2.13. The number of aliphatic hydroxyl groups is 1. The van der Waals surface area contributed by atoms with Crippen LogP contribution < -0.4 is 0 Å². The highest BCUT2D eigenvalue weighted by Gasteiger charge is 2.00. The van der Waals surface area contributed by atoms with Crippen LogP contribution in [0.25, 0.3) is 10.4 Å². The number of hydrogen-bond donors (Lipinski definition) is 1. The third kappa shape index (κ3) is 14.2. The van der Waals surface area contributed by atoms with Gasteiger partial charge in [0.15, 0.2) is 0 Å². The minimum absolute atomic E-state index is 0.105. The average molecular weight is 283 g/mol. The Hall–Kier alpha value is -1.82. The molecule has 0 amide bonds. The van der Waals surface area contributed by atoms with Gasteiger partial charge in [0.05, 0.1) is 19.8 Å². The Bertz CT molecular complexity index is 350. The topological polar surface area (TPSA) is 105 Å². The van der Waals surface area contributed by atoms with Crippen LogP contribution in [0.4, 0.5) is 0 Å². The summed E-state index contributed by atoms with van der Waals surface area (Å²) in [6, 6.07) is 0. The van der Waals surface area contributed by atoms with Crippen molar-refractivity contribution in [1.29, 1.82) is 0 Å². The first-order valence-electron chi connectivity index (χ1n) is 6.46. The van der Waals surface area contributed by atoms with Crippen LogP contribution in [0.3, 0.4) is 0 Å². The Morgan fingerprint density at radius 1 is 1.20 bits per heavy atom. The lowest BCUT2D eigenvalue weighted by Gasteiger charge is -2.03. The number of azide groups is 1. The molecule has 0 heterocycles. The Morgan fingerprint density at radius 3 is 2.65 bits per heavy atom. The second kappa shape index (κ2) is 15.2. The number of carbonyl (C=O) groups is 1. The zero-order valence-electron chi connectivity index (χ0n) is 11.5. The number of esters is 1. The summed E-state index contributed by atoms with van der Waals surface area (Å²) >= 11 is 0. The van der Waals surface area contributed by atoms with Crippen molar-refractivity contribution in [3.05, 3.63) is 34.7 Å². The van der Waals surface area contributed by atoms with Gasteiger partial charge in [-0.15, -0.1) is 0 Å². The van der Waals surface area contributed by atoms with Crippen LogP contribution in [0, 0.1) is 0 Å². The minimum Gasteiger partial charge on any atom is -0.464 e. The molecule has 0 radical (unpaired) electrons. The van der Waals surface area contributed by atoms with Crippen molar-refractivity contribution in [3.63, 3.8) is 0 Å². The van der Waals surface area contributed by atoms with E-state index in [-0.39, 0.29) is 19.8 Å². The number of aliphatic hydroxyl groups excluding tert-OH is 1. The van der Waals surface area contributed by atoms with Gasteiger partial charge in [0.1, 0.15) is 6.61 Å². The molecule has 0 aromatic rings. The normalized spacial score (nSPS) is 10.8. The van der Waals surface area contributed by atoms with E-state index in [1.54, 1.807) is 0 Å². The largest absolute Gasteiger partial charge is 0.464 e. The molecule has 0 atom stereocenters. The van der Waals surface area contributed by atoms with E-state index in [1.165, 1.54) is 0 Å². The van der Waals surface area contributed by atoms with Gasteiger partial charge in [-0.05, 0) is 24.8 Å². The number of nitrogens with zero attached hydrogens (tertiary/aromatic N) is 3. The SMILES string of the molecule is [N-]=[N+]=NCC/C=C\C/C=C\CCOC(=O)COCCO. The molecule has 7 heteroatoms. The molecule has 7 nitrogen and oxygen atoms in total. The van der Waals surface area contributed by atoms with E-state index in [9.17, 15) is 4.79 Å². The molecule has 0 aliphatic rings. The fourth-order valence-electron chi connectivity index (χ4n) is 1.19. The molecule has 0 aliphatic heterocycles. The molecule has 0 unspecified atom stereocenters. The molecule has 112 valence electrons. The van der Waals surface area contributed by atoms with Crippen LogP contribution in [-0.4, -0.2) is 44.0 Å². The third-order valence-corrected chi connectivity index (χ3v) is 2.07.